The highest BCUT2D eigenvalue weighted by atomic mass is 79.9. The number of nitrogens with two attached hydrogens (primary N) is 1. The highest BCUT2D eigenvalue weighted by Crippen LogP contribution is 2.36. The summed E-state index contributed by atoms with van der Waals surface area (Å²) in [5, 5.41) is 4.03. The quantitative estimate of drug-likeness (QED) is 0.850. The summed E-state index contributed by atoms with van der Waals surface area (Å²) in [5.74, 6) is 2.13. The highest BCUT2D eigenvalue weighted by Gasteiger charge is 2.38. The van der Waals surface area contributed by atoms with Crippen molar-refractivity contribution in [1.29, 1.82) is 0 Å². The summed E-state index contributed by atoms with van der Waals surface area (Å²) >= 11 is 3.49. The molecule has 0 aliphatic heterocycles. The molecule has 0 atom stereocenters. The van der Waals surface area contributed by atoms with Gasteiger partial charge in [0, 0.05) is 6.42 Å². The number of methoxy groups -OCH3 is 1. The van der Waals surface area contributed by atoms with Crippen molar-refractivity contribution in [3.05, 3.63) is 40.0 Å². The van der Waals surface area contributed by atoms with Crippen LogP contribution in [0.1, 0.15) is 36.5 Å². The van der Waals surface area contributed by atoms with E-state index in [-0.39, 0.29) is 17.9 Å². The van der Waals surface area contributed by atoms with Crippen molar-refractivity contribution in [3.8, 4) is 5.75 Å². The van der Waals surface area contributed by atoms with Gasteiger partial charge in [0.2, 0.25) is 5.89 Å². The number of aryl methyl sites for hydroxylation is 2. The van der Waals surface area contributed by atoms with Gasteiger partial charge in [0.1, 0.15) is 5.75 Å². The van der Waals surface area contributed by atoms with Gasteiger partial charge in [-0.1, -0.05) is 11.2 Å². The largest absolute Gasteiger partial charge is 0.496 e. The molecule has 1 fully saturated rings. The van der Waals surface area contributed by atoms with Crippen molar-refractivity contribution in [3.63, 3.8) is 0 Å². The van der Waals surface area contributed by atoms with Gasteiger partial charge >= 0.3 is 0 Å². The number of ether oxygens (including phenoxy) is 1. The minimum absolute atomic E-state index is 0. The lowest BCUT2D eigenvalue weighted by molar-refractivity contribution is 0.229. The molecule has 0 amide bonds. The SMILES string of the molecule is COc1ccc(CCc2nc(C3(N)CCC3)no2)cc1Br.Cl. The highest BCUT2D eigenvalue weighted by molar-refractivity contribution is 9.10. The first-order chi connectivity index (χ1) is 10.1. The van der Waals surface area contributed by atoms with E-state index in [0.29, 0.717) is 18.1 Å². The first-order valence-electron chi connectivity index (χ1n) is 7.05. The smallest absolute Gasteiger partial charge is 0.227 e. The third kappa shape index (κ3) is 3.45. The zero-order valence-corrected chi connectivity index (χ0v) is 14.7. The molecule has 5 nitrogen and oxygen atoms in total. The summed E-state index contributed by atoms with van der Waals surface area (Å²) in [5.41, 5.74) is 7.02. The molecule has 3 rings (SSSR count). The molecule has 0 unspecified atom stereocenters. The van der Waals surface area contributed by atoms with Crippen molar-refractivity contribution in [2.75, 3.05) is 7.11 Å². The summed E-state index contributed by atoms with van der Waals surface area (Å²) < 4.78 is 11.5. The standard InChI is InChI=1S/C15H18BrN3O2.ClH/c1-20-12-5-3-10(9-11(12)16)4-6-13-18-14(19-21-13)15(17)7-2-8-15;/h3,5,9H,2,4,6-8,17H2,1H3;1H. The van der Waals surface area contributed by atoms with Gasteiger partial charge < -0.3 is 15.0 Å². The lowest BCUT2D eigenvalue weighted by atomic mass is 9.77. The van der Waals surface area contributed by atoms with Crippen molar-refractivity contribution in [2.24, 2.45) is 5.73 Å². The zero-order valence-electron chi connectivity index (χ0n) is 12.3. The molecule has 0 saturated heterocycles. The van der Waals surface area contributed by atoms with Crippen molar-refractivity contribution >= 4 is 28.3 Å². The Morgan fingerprint density at radius 3 is 2.73 bits per heavy atom. The van der Waals surface area contributed by atoms with Gasteiger partial charge in [-0.2, -0.15) is 4.98 Å². The summed E-state index contributed by atoms with van der Waals surface area (Å²) in [6.45, 7) is 0. The van der Waals surface area contributed by atoms with Gasteiger partial charge in [-0.05, 0) is 59.3 Å². The molecular weight excluding hydrogens is 370 g/mol. The van der Waals surface area contributed by atoms with E-state index in [1.165, 1.54) is 5.56 Å². The fraction of sp³-hybridized carbons (Fsp3) is 0.467. The van der Waals surface area contributed by atoms with Crippen LogP contribution in [0.3, 0.4) is 0 Å². The number of hydrogen-bond donors (Lipinski definition) is 1. The van der Waals surface area contributed by atoms with Crippen LogP contribution in [0, 0.1) is 0 Å². The molecule has 120 valence electrons. The van der Waals surface area contributed by atoms with Crippen LogP contribution < -0.4 is 10.5 Å². The fourth-order valence-electron chi connectivity index (χ4n) is 2.46. The van der Waals surface area contributed by atoms with E-state index < -0.39 is 0 Å². The van der Waals surface area contributed by atoms with Gasteiger partial charge in [0.25, 0.3) is 0 Å². The molecular formula is C15H19BrClN3O2. The summed E-state index contributed by atoms with van der Waals surface area (Å²) in [6.07, 6.45) is 4.57. The van der Waals surface area contributed by atoms with E-state index in [4.69, 9.17) is 15.0 Å². The first-order valence-corrected chi connectivity index (χ1v) is 7.84. The Morgan fingerprint density at radius 2 is 2.14 bits per heavy atom. The van der Waals surface area contributed by atoms with Crippen LogP contribution in [0.5, 0.6) is 5.75 Å². The average Bonchev–Trinajstić information content (AvgIpc) is 2.92. The summed E-state index contributed by atoms with van der Waals surface area (Å²) in [4.78, 5) is 4.44. The molecule has 1 aliphatic rings. The number of hydrogen-bond acceptors (Lipinski definition) is 5. The number of nitrogens with zero attached hydrogens (tertiary/aromatic N) is 2. The predicted molar refractivity (Wildman–Crippen MR) is 89.4 cm³/mol. The van der Waals surface area contributed by atoms with E-state index in [0.717, 1.165) is 35.9 Å². The maximum atomic E-state index is 6.19. The molecule has 0 radical (unpaired) electrons. The first kappa shape index (κ1) is 17.2. The van der Waals surface area contributed by atoms with Crippen LogP contribution in [0.2, 0.25) is 0 Å². The summed E-state index contributed by atoms with van der Waals surface area (Å²) in [7, 11) is 1.66. The zero-order chi connectivity index (χ0) is 14.9. The van der Waals surface area contributed by atoms with Gasteiger partial charge in [-0.25, -0.2) is 0 Å². The third-order valence-electron chi connectivity index (χ3n) is 4.00. The topological polar surface area (TPSA) is 74.2 Å². The molecule has 1 heterocycles. The van der Waals surface area contributed by atoms with Gasteiger partial charge in [-0.15, -0.1) is 12.4 Å². The van der Waals surface area contributed by atoms with E-state index >= 15 is 0 Å². The number of aromatic nitrogens is 2. The van der Waals surface area contributed by atoms with Gasteiger partial charge in [-0.3, -0.25) is 0 Å². The third-order valence-corrected chi connectivity index (χ3v) is 4.62. The van der Waals surface area contributed by atoms with Crippen LogP contribution in [-0.4, -0.2) is 17.3 Å². The molecule has 2 aromatic rings. The number of benzene rings is 1. The second-order valence-electron chi connectivity index (χ2n) is 5.49. The molecule has 2 N–H and O–H groups in total. The van der Waals surface area contributed by atoms with Gasteiger partial charge in [0.15, 0.2) is 5.82 Å². The Morgan fingerprint density at radius 1 is 1.36 bits per heavy atom. The van der Waals surface area contributed by atoms with Crippen molar-refractivity contribution in [2.45, 2.75) is 37.6 Å². The maximum Gasteiger partial charge on any atom is 0.227 e. The van der Waals surface area contributed by atoms with Crippen molar-refractivity contribution < 1.29 is 9.26 Å². The number of halogens is 2. The normalized spacial score (nSPS) is 15.8. The molecule has 22 heavy (non-hydrogen) atoms. The van der Waals surface area contributed by atoms with Crippen LogP contribution in [0.15, 0.2) is 27.2 Å². The molecule has 0 bridgehead atoms. The Labute approximate surface area is 144 Å². The second-order valence-corrected chi connectivity index (χ2v) is 6.34. The van der Waals surface area contributed by atoms with Crippen LogP contribution in [0.4, 0.5) is 0 Å². The Kier molecular flexibility index (Phi) is 5.47. The van der Waals surface area contributed by atoms with E-state index in [1.807, 2.05) is 18.2 Å². The van der Waals surface area contributed by atoms with Crippen LogP contribution in [-0.2, 0) is 18.4 Å². The lowest BCUT2D eigenvalue weighted by Crippen LogP contribution is -2.44. The average molecular weight is 389 g/mol. The number of rotatable bonds is 5. The fourth-order valence-corrected chi connectivity index (χ4v) is 3.04. The minimum Gasteiger partial charge on any atom is -0.496 e. The van der Waals surface area contributed by atoms with Gasteiger partial charge in [0.05, 0.1) is 17.1 Å². The molecule has 0 spiro atoms. The molecule has 1 aromatic carbocycles. The predicted octanol–water partition coefficient (Wildman–Crippen LogP) is 3.39. The molecule has 1 aromatic heterocycles. The van der Waals surface area contributed by atoms with Crippen LogP contribution in [0.25, 0.3) is 0 Å². The second kappa shape index (κ2) is 6.98. The van der Waals surface area contributed by atoms with E-state index in [2.05, 4.69) is 26.1 Å². The summed E-state index contributed by atoms with van der Waals surface area (Å²) in [6, 6.07) is 6.03. The maximum absolute atomic E-state index is 6.19. The van der Waals surface area contributed by atoms with E-state index in [1.54, 1.807) is 7.11 Å². The molecule has 7 heteroatoms. The Hall–Kier alpha value is -1.11. The molecule has 1 saturated carbocycles. The minimum atomic E-state index is -0.356. The van der Waals surface area contributed by atoms with Crippen LogP contribution >= 0.6 is 28.3 Å². The Bertz CT molecular complexity index is 643. The molecule has 1 aliphatic carbocycles. The lowest BCUT2D eigenvalue weighted by Gasteiger charge is -2.34. The monoisotopic (exact) mass is 387 g/mol. The Balaban J connectivity index is 0.00000176. The van der Waals surface area contributed by atoms with E-state index in [9.17, 15) is 0 Å². The van der Waals surface area contributed by atoms with Crippen molar-refractivity contribution in [1.82, 2.24) is 10.1 Å².